The molecule has 0 spiro atoms. The van der Waals surface area contributed by atoms with Gasteiger partial charge in [0.15, 0.2) is 0 Å². The van der Waals surface area contributed by atoms with E-state index in [1.165, 1.54) is 4.90 Å². The van der Waals surface area contributed by atoms with Crippen LogP contribution in [0.15, 0.2) is 78.9 Å². The van der Waals surface area contributed by atoms with Crippen LogP contribution in [0, 0.1) is 6.92 Å². The number of hydrogen-bond donors (Lipinski definition) is 1. The van der Waals surface area contributed by atoms with E-state index in [0.717, 1.165) is 16.7 Å². The number of nitrogens with one attached hydrogen (secondary N) is 1. The number of rotatable bonds is 7. The first-order valence-electron chi connectivity index (χ1n) is 10.4. The molecule has 3 aromatic rings. The van der Waals surface area contributed by atoms with E-state index in [1.807, 2.05) is 61.5 Å². The Balaban J connectivity index is 1.39. The Morgan fingerprint density at radius 2 is 1.35 bits per heavy atom. The predicted molar refractivity (Wildman–Crippen MR) is 119 cm³/mol. The Morgan fingerprint density at radius 3 is 1.97 bits per heavy atom. The van der Waals surface area contributed by atoms with Gasteiger partial charge in [0.1, 0.15) is 0 Å². The van der Waals surface area contributed by atoms with E-state index in [2.05, 4.69) is 5.32 Å². The van der Waals surface area contributed by atoms with Crippen molar-refractivity contribution >= 4 is 17.7 Å². The molecule has 3 aromatic carbocycles. The van der Waals surface area contributed by atoms with Gasteiger partial charge in [-0.25, -0.2) is 0 Å². The van der Waals surface area contributed by atoms with Gasteiger partial charge in [0.25, 0.3) is 11.8 Å². The van der Waals surface area contributed by atoms with Crippen molar-refractivity contribution in [2.75, 3.05) is 6.54 Å². The van der Waals surface area contributed by atoms with Crippen molar-refractivity contribution in [3.63, 3.8) is 0 Å². The highest BCUT2D eigenvalue weighted by Gasteiger charge is 2.34. The fraction of sp³-hybridized carbons (Fsp3) is 0.192. The molecule has 1 aliphatic heterocycles. The number of imide groups is 1. The number of carbonyl (C=O) groups excluding carboxylic acids is 3. The van der Waals surface area contributed by atoms with Crippen molar-refractivity contribution in [2.45, 2.75) is 25.8 Å². The van der Waals surface area contributed by atoms with Gasteiger partial charge in [0.2, 0.25) is 5.91 Å². The van der Waals surface area contributed by atoms with Gasteiger partial charge in [0, 0.05) is 13.0 Å². The van der Waals surface area contributed by atoms with Crippen LogP contribution in [0.2, 0.25) is 0 Å². The summed E-state index contributed by atoms with van der Waals surface area (Å²) < 4.78 is 0. The van der Waals surface area contributed by atoms with Gasteiger partial charge < -0.3 is 5.32 Å². The quantitative estimate of drug-likeness (QED) is 0.589. The highest BCUT2D eigenvalue weighted by Crippen LogP contribution is 2.24. The zero-order chi connectivity index (χ0) is 21.8. The molecule has 1 N–H and O–H groups in total. The Bertz CT molecular complexity index is 1070. The molecule has 4 rings (SSSR count). The second-order valence-corrected chi connectivity index (χ2v) is 7.73. The van der Waals surface area contributed by atoms with E-state index in [0.29, 0.717) is 17.5 Å². The highest BCUT2D eigenvalue weighted by atomic mass is 16.2. The number of fused-ring (bicyclic) bond motifs is 1. The summed E-state index contributed by atoms with van der Waals surface area (Å²) in [6.07, 6.45) is 0.634. The van der Waals surface area contributed by atoms with Gasteiger partial charge in [-0.3, -0.25) is 19.3 Å². The summed E-state index contributed by atoms with van der Waals surface area (Å²) in [4.78, 5) is 38.9. The van der Waals surface area contributed by atoms with Crippen LogP contribution in [0.3, 0.4) is 0 Å². The molecular weight excluding hydrogens is 388 g/mol. The first-order valence-corrected chi connectivity index (χ1v) is 10.4. The van der Waals surface area contributed by atoms with E-state index < -0.39 is 0 Å². The molecule has 0 radical (unpaired) electrons. The van der Waals surface area contributed by atoms with Crippen molar-refractivity contribution < 1.29 is 14.4 Å². The molecule has 1 heterocycles. The molecular formula is C26H24N2O3. The summed E-state index contributed by atoms with van der Waals surface area (Å²) in [5.74, 6) is -0.698. The van der Waals surface area contributed by atoms with Crippen LogP contribution in [-0.2, 0) is 4.79 Å². The number of benzene rings is 3. The molecule has 0 saturated carbocycles. The van der Waals surface area contributed by atoms with E-state index in [1.54, 1.807) is 24.3 Å². The van der Waals surface area contributed by atoms with Crippen LogP contribution >= 0.6 is 0 Å². The smallest absolute Gasteiger partial charge is 0.261 e. The Hall–Kier alpha value is -3.73. The van der Waals surface area contributed by atoms with Crippen LogP contribution in [-0.4, -0.2) is 29.2 Å². The van der Waals surface area contributed by atoms with Gasteiger partial charge in [-0.1, -0.05) is 72.3 Å². The van der Waals surface area contributed by atoms with Crippen LogP contribution in [0.4, 0.5) is 0 Å². The molecule has 1 unspecified atom stereocenters. The number of amides is 3. The minimum absolute atomic E-state index is 0.119. The van der Waals surface area contributed by atoms with Crippen LogP contribution in [0.5, 0.6) is 0 Å². The molecule has 156 valence electrons. The molecule has 5 nitrogen and oxygen atoms in total. The first-order chi connectivity index (χ1) is 15.0. The van der Waals surface area contributed by atoms with Gasteiger partial charge in [-0.05, 0) is 36.6 Å². The largest absolute Gasteiger partial charge is 0.345 e. The summed E-state index contributed by atoms with van der Waals surface area (Å²) in [5.41, 5.74) is 4.02. The number of aryl methyl sites for hydroxylation is 1. The van der Waals surface area contributed by atoms with Crippen molar-refractivity contribution in [3.8, 4) is 0 Å². The highest BCUT2D eigenvalue weighted by molar-refractivity contribution is 6.21. The lowest BCUT2D eigenvalue weighted by Gasteiger charge is -2.20. The number of nitrogens with zero attached hydrogens (tertiary/aromatic N) is 1. The van der Waals surface area contributed by atoms with E-state index >= 15 is 0 Å². The third-order valence-electron chi connectivity index (χ3n) is 5.51. The normalized spacial score (nSPS) is 13.8. The second-order valence-electron chi connectivity index (χ2n) is 7.73. The van der Waals surface area contributed by atoms with Crippen molar-refractivity contribution in [1.29, 1.82) is 0 Å². The van der Waals surface area contributed by atoms with Gasteiger partial charge in [0.05, 0.1) is 17.2 Å². The van der Waals surface area contributed by atoms with Gasteiger partial charge >= 0.3 is 0 Å². The average Bonchev–Trinajstić information content (AvgIpc) is 3.04. The minimum Gasteiger partial charge on any atom is -0.345 e. The lowest BCUT2D eigenvalue weighted by Crippen LogP contribution is -2.33. The molecule has 0 aliphatic carbocycles. The molecule has 0 bridgehead atoms. The molecule has 1 aliphatic rings. The number of hydrogen-bond acceptors (Lipinski definition) is 3. The minimum atomic E-state index is -0.289. The third kappa shape index (κ3) is 4.40. The molecule has 0 aromatic heterocycles. The molecule has 5 heteroatoms. The summed E-state index contributed by atoms with van der Waals surface area (Å²) in [6.45, 7) is 2.25. The van der Waals surface area contributed by atoms with Crippen LogP contribution in [0.1, 0.15) is 56.3 Å². The zero-order valence-corrected chi connectivity index (χ0v) is 17.4. The van der Waals surface area contributed by atoms with Gasteiger partial charge in [-0.2, -0.15) is 0 Å². The second kappa shape index (κ2) is 8.96. The SMILES string of the molecule is Cc1ccc(C(NC(=O)CCCN2C(=O)c3ccccc3C2=O)c2ccccc2)cc1. The maximum absolute atomic E-state index is 12.7. The predicted octanol–water partition coefficient (Wildman–Crippen LogP) is 4.28. The number of carbonyl (C=O) groups is 3. The lowest BCUT2D eigenvalue weighted by molar-refractivity contribution is -0.121. The Morgan fingerprint density at radius 1 is 0.806 bits per heavy atom. The average molecular weight is 412 g/mol. The lowest BCUT2D eigenvalue weighted by atomic mass is 9.97. The summed E-state index contributed by atoms with van der Waals surface area (Å²) in [6, 6.07) is 24.5. The molecule has 0 fully saturated rings. The topological polar surface area (TPSA) is 66.5 Å². The van der Waals surface area contributed by atoms with Crippen LogP contribution < -0.4 is 5.32 Å². The van der Waals surface area contributed by atoms with E-state index in [-0.39, 0.29) is 36.7 Å². The molecule has 0 saturated heterocycles. The van der Waals surface area contributed by atoms with Crippen molar-refractivity contribution in [2.24, 2.45) is 0 Å². The molecule has 1 atom stereocenters. The van der Waals surface area contributed by atoms with Crippen molar-refractivity contribution in [3.05, 3.63) is 107 Å². The molecule has 31 heavy (non-hydrogen) atoms. The monoisotopic (exact) mass is 412 g/mol. The van der Waals surface area contributed by atoms with Crippen molar-refractivity contribution in [1.82, 2.24) is 10.2 Å². The van der Waals surface area contributed by atoms with E-state index in [9.17, 15) is 14.4 Å². The maximum atomic E-state index is 12.7. The zero-order valence-electron chi connectivity index (χ0n) is 17.4. The third-order valence-corrected chi connectivity index (χ3v) is 5.51. The fourth-order valence-corrected chi connectivity index (χ4v) is 3.84. The van der Waals surface area contributed by atoms with Crippen LogP contribution in [0.25, 0.3) is 0 Å². The molecule has 3 amide bonds. The maximum Gasteiger partial charge on any atom is 0.261 e. The van der Waals surface area contributed by atoms with Gasteiger partial charge in [-0.15, -0.1) is 0 Å². The fourth-order valence-electron chi connectivity index (χ4n) is 3.84. The standard InChI is InChI=1S/C26H24N2O3/c1-18-13-15-20(16-14-18)24(19-8-3-2-4-9-19)27-23(29)12-7-17-28-25(30)21-10-5-6-11-22(21)26(28)31/h2-6,8-11,13-16,24H,7,12,17H2,1H3,(H,27,29). The summed E-state index contributed by atoms with van der Waals surface area (Å²) >= 11 is 0. The Kier molecular flexibility index (Phi) is 5.94. The summed E-state index contributed by atoms with van der Waals surface area (Å²) in [5, 5.41) is 3.11. The Labute approximate surface area is 181 Å². The first kappa shape index (κ1) is 20.5. The summed E-state index contributed by atoms with van der Waals surface area (Å²) in [7, 11) is 0. The van der Waals surface area contributed by atoms with E-state index in [4.69, 9.17) is 0 Å².